The van der Waals surface area contributed by atoms with Crippen LogP contribution < -0.4 is 0 Å². The van der Waals surface area contributed by atoms with Crippen LogP contribution in [0.25, 0.3) is 0 Å². The second kappa shape index (κ2) is 11.3. The van der Waals surface area contributed by atoms with E-state index in [1.807, 2.05) is 60.7 Å². The molecule has 36 heavy (non-hydrogen) atoms. The SMILES string of the molecule is CO[C@@](C(=O)O[C@H]1CN(Cc2ccccc2)CC[C@H]1Cc1ccccc1)(c1ccccc1)C(F)(F)F. The Morgan fingerprint density at radius 1 is 0.889 bits per heavy atom. The fraction of sp³-hybridized carbons (Fsp3) is 0.345. The maximum atomic E-state index is 14.4. The number of carbonyl (C=O) groups excluding carboxylic acids is 1. The fourth-order valence-electron chi connectivity index (χ4n) is 4.91. The van der Waals surface area contributed by atoms with Gasteiger partial charge in [0, 0.05) is 31.7 Å². The Balaban J connectivity index is 1.61. The highest BCUT2D eigenvalue weighted by Crippen LogP contribution is 2.43. The first-order chi connectivity index (χ1) is 17.3. The van der Waals surface area contributed by atoms with Crippen LogP contribution >= 0.6 is 0 Å². The topological polar surface area (TPSA) is 38.8 Å². The first kappa shape index (κ1) is 25.9. The van der Waals surface area contributed by atoms with Crippen molar-refractivity contribution in [1.82, 2.24) is 4.90 Å². The minimum atomic E-state index is -5.01. The van der Waals surface area contributed by atoms with Gasteiger partial charge in [-0.3, -0.25) is 4.90 Å². The van der Waals surface area contributed by atoms with Crippen LogP contribution in [-0.4, -0.2) is 43.3 Å². The second-order valence-electron chi connectivity index (χ2n) is 9.15. The van der Waals surface area contributed by atoms with E-state index in [1.165, 1.54) is 24.3 Å². The number of hydrogen-bond donors (Lipinski definition) is 0. The number of halogens is 3. The summed E-state index contributed by atoms with van der Waals surface area (Å²) in [5, 5.41) is 0. The van der Waals surface area contributed by atoms with E-state index in [0.717, 1.165) is 24.8 Å². The van der Waals surface area contributed by atoms with E-state index < -0.39 is 23.9 Å². The molecule has 1 saturated heterocycles. The van der Waals surface area contributed by atoms with Crippen molar-refractivity contribution in [3.05, 3.63) is 108 Å². The summed E-state index contributed by atoms with van der Waals surface area (Å²) < 4.78 is 54.0. The lowest BCUT2D eigenvalue weighted by molar-refractivity contribution is -0.279. The molecule has 1 heterocycles. The van der Waals surface area contributed by atoms with Crippen molar-refractivity contribution in [2.24, 2.45) is 5.92 Å². The number of methoxy groups -OCH3 is 1. The molecule has 4 nitrogen and oxygen atoms in total. The molecular weight excluding hydrogens is 467 g/mol. The number of nitrogens with zero attached hydrogens (tertiary/aromatic N) is 1. The molecule has 0 saturated carbocycles. The molecule has 0 unspecified atom stereocenters. The Kier molecular flexibility index (Phi) is 8.11. The van der Waals surface area contributed by atoms with Crippen LogP contribution in [0, 0.1) is 5.92 Å². The number of ether oxygens (including phenoxy) is 2. The van der Waals surface area contributed by atoms with Crippen molar-refractivity contribution >= 4 is 5.97 Å². The standard InChI is InChI=1S/C29H30F3NO3/c1-35-28(29(30,31)32,25-15-9-4-10-16-25)27(34)36-26-21-33(20-23-13-7-3-8-14-23)18-17-24(26)19-22-11-5-2-6-12-22/h2-16,24,26H,17-21H2,1H3/t24-,26-,28+/m0/s1. The molecule has 0 spiro atoms. The average molecular weight is 498 g/mol. The minimum Gasteiger partial charge on any atom is -0.458 e. The summed E-state index contributed by atoms with van der Waals surface area (Å²) in [7, 11) is 0.895. The number of likely N-dealkylation sites (tertiary alicyclic amines) is 1. The van der Waals surface area contributed by atoms with Crippen LogP contribution in [0.5, 0.6) is 0 Å². The van der Waals surface area contributed by atoms with Crippen molar-refractivity contribution < 1.29 is 27.4 Å². The van der Waals surface area contributed by atoms with Crippen LogP contribution in [-0.2, 0) is 32.8 Å². The highest BCUT2D eigenvalue weighted by molar-refractivity contribution is 5.83. The molecule has 0 aliphatic carbocycles. The Morgan fingerprint density at radius 3 is 2.00 bits per heavy atom. The first-order valence-corrected chi connectivity index (χ1v) is 12.0. The first-order valence-electron chi connectivity index (χ1n) is 12.0. The largest absolute Gasteiger partial charge is 0.458 e. The minimum absolute atomic E-state index is 0.123. The molecule has 3 atom stereocenters. The lowest BCUT2D eigenvalue weighted by Crippen LogP contribution is -2.55. The number of carbonyl (C=O) groups is 1. The Labute approximate surface area is 209 Å². The molecule has 1 aliphatic heterocycles. The summed E-state index contributed by atoms with van der Waals surface area (Å²) >= 11 is 0. The molecule has 7 heteroatoms. The smallest absolute Gasteiger partial charge is 0.432 e. The maximum absolute atomic E-state index is 14.4. The van der Waals surface area contributed by atoms with Gasteiger partial charge in [-0.05, 0) is 30.5 Å². The third kappa shape index (κ3) is 5.63. The third-order valence-electron chi connectivity index (χ3n) is 6.80. The molecule has 4 rings (SSSR count). The summed E-state index contributed by atoms with van der Waals surface area (Å²) in [6, 6.07) is 26.5. The van der Waals surface area contributed by atoms with Gasteiger partial charge >= 0.3 is 12.1 Å². The van der Waals surface area contributed by atoms with E-state index in [2.05, 4.69) is 4.90 Å². The van der Waals surface area contributed by atoms with Gasteiger partial charge in [-0.25, -0.2) is 4.79 Å². The van der Waals surface area contributed by atoms with Gasteiger partial charge in [-0.2, -0.15) is 13.2 Å². The molecule has 0 amide bonds. The van der Waals surface area contributed by atoms with Gasteiger partial charge in [-0.1, -0.05) is 91.0 Å². The van der Waals surface area contributed by atoms with E-state index in [0.29, 0.717) is 25.9 Å². The number of hydrogen-bond acceptors (Lipinski definition) is 4. The Hall–Kier alpha value is -3.16. The number of alkyl halides is 3. The molecule has 0 radical (unpaired) electrons. The van der Waals surface area contributed by atoms with Crippen LogP contribution in [0.3, 0.4) is 0 Å². The zero-order chi connectivity index (χ0) is 25.6. The zero-order valence-electron chi connectivity index (χ0n) is 20.2. The lowest BCUT2D eigenvalue weighted by atomic mass is 9.87. The Morgan fingerprint density at radius 2 is 1.44 bits per heavy atom. The zero-order valence-corrected chi connectivity index (χ0v) is 20.2. The van der Waals surface area contributed by atoms with Crippen molar-refractivity contribution in [3.8, 4) is 0 Å². The molecule has 0 bridgehead atoms. The summed E-state index contributed by atoms with van der Waals surface area (Å²) in [5.74, 6) is -1.56. The van der Waals surface area contributed by atoms with Gasteiger partial charge in [-0.15, -0.1) is 0 Å². The van der Waals surface area contributed by atoms with Crippen molar-refractivity contribution in [2.45, 2.75) is 37.3 Å². The number of rotatable bonds is 8. The highest BCUT2D eigenvalue weighted by Gasteiger charge is 2.64. The maximum Gasteiger partial charge on any atom is 0.432 e. The van der Waals surface area contributed by atoms with E-state index in [4.69, 9.17) is 9.47 Å². The normalized spacial score (nSPS) is 20.4. The van der Waals surface area contributed by atoms with Crippen molar-refractivity contribution in [3.63, 3.8) is 0 Å². The van der Waals surface area contributed by atoms with Gasteiger partial charge in [0.1, 0.15) is 6.10 Å². The van der Waals surface area contributed by atoms with Gasteiger partial charge < -0.3 is 9.47 Å². The third-order valence-corrected chi connectivity index (χ3v) is 6.80. The summed E-state index contributed by atoms with van der Waals surface area (Å²) in [5.41, 5.74) is -1.36. The lowest BCUT2D eigenvalue weighted by Gasteiger charge is -2.40. The number of esters is 1. The predicted molar refractivity (Wildman–Crippen MR) is 131 cm³/mol. The molecule has 0 aromatic heterocycles. The molecule has 3 aromatic carbocycles. The van der Waals surface area contributed by atoms with Gasteiger partial charge in [0.05, 0.1) is 0 Å². The second-order valence-corrected chi connectivity index (χ2v) is 9.15. The fourth-order valence-corrected chi connectivity index (χ4v) is 4.91. The molecule has 0 N–H and O–H groups in total. The monoisotopic (exact) mass is 497 g/mol. The molecule has 190 valence electrons. The average Bonchev–Trinajstić information content (AvgIpc) is 2.87. The van der Waals surface area contributed by atoms with Crippen LogP contribution in [0.15, 0.2) is 91.0 Å². The molecular formula is C29H30F3NO3. The molecule has 1 fully saturated rings. The predicted octanol–water partition coefficient (Wildman–Crippen LogP) is 5.77. The molecule has 1 aliphatic rings. The highest BCUT2D eigenvalue weighted by atomic mass is 19.4. The van der Waals surface area contributed by atoms with E-state index in [-0.39, 0.29) is 11.5 Å². The number of piperidine rings is 1. The van der Waals surface area contributed by atoms with Crippen molar-refractivity contribution in [1.29, 1.82) is 0 Å². The summed E-state index contributed by atoms with van der Waals surface area (Å²) in [4.78, 5) is 15.5. The summed E-state index contributed by atoms with van der Waals surface area (Å²) in [6.07, 6.45) is -4.43. The van der Waals surface area contributed by atoms with E-state index >= 15 is 0 Å². The van der Waals surface area contributed by atoms with Crippen LogP contribution in [0.2, 0.25) is 0 Å². The number of benzene rings is 3. The molecule has 3 aromatic rings. The van der Waals surface area contributed by atoms with E-state index in [1.54, 1.807) is 6.07 Å². The van der Waals surface area contributed by atoms with Gasteiger partial charge in [0.2, 0.25) is 0 Å². The Bertz CT molecular complexity index is 1110. The van der Waals surface area contributed by atoms with Gasteiger partial charge in [0.15, 0.2) is 0 Å². The van der Waals surface area contributed by atoms with Crippen LogP contribution in [0.1, 0.15) is 23.1 Å². The summed E-state index contributed by atoms with van der Waals surface area (Å²) in [6.45, 7) is 1.72. The van der Waals surface area contributed by atoms with Gasteiger partial charge in [0.25, 0.3) is 5.60 Å². The van der Waals surface area contributed by atoms with Crippen molar-refractivity contribution in [2.75, 3.05) is 20.2 Å². The quantitative estimate of drug-likeness (QED) is 0.371. The van der Waals surface area contributed by atoms with Crippen LogP contribution in [0.4, 0.5) is 13.2 Å². The van der Waals surface area contributed by atoms with E-state index in [9.17, 15) is 18.0 Å².